The summed E-state index contributed by atoms with van der Waals surface area (Å²) in [6.07, 6.45) is 4.90. The molecule has 0 saturated carbocycles. The van der Waals surface area contributed by atoms with Gasteiger partial charge in [0.25, 0.3) is 0 Å². The van der Waals surface area contributed by atoms with Crippen molar-refractivity contribution in [3.05, 3.63) is 59.9 Å². The van der Waals surface area contributed by atoms with E-state index < -0.39 is 6.10 Å². The summed E-state index contributed by atoms with van der Waals surface area (Å²) in [6, 6.07) is 12.2. The van der Waals surface area contributed by atoms with Crippen molar-refractivity contribution < 1.29 is 10.2 Å². The zero-order chi connectivity index (χ0) is 14.2. The summed E-state index contributed by atoms with van der Waals surface area (Å²) in [5, 5.41) is 21.1. The topological polar surface area (TPSA) is 65.4 Å². The second kappa shape index (κ2) is 7.62. The van der Waals surface area contributed by atoms with Gasteiger partial charge in [-0.2, -0.15) is 0 Å². The molecule has 0 radical (unpaired) electrons. The Balaban J connectivity index is 1.82. The molecule has 20 heavy (non-hydrogen) atoms. The largest absolute Gasteiger partial charge is 0.394 e. The lowest BCUT2D eigenvalue weighted by molar-refractivity contribution is 0.105. The van der Waals surface area contributed by atoms with Crippen molar-refractivity contribution in [3.8, 4) is 0 Å². The van der Waals surface area contributed by atoms with Crippen LogP contribution in [0.3, 0.4) is 0 Å². The molecule has 3 N–H and O–H groups in total. The van der Waals surface area contributed by atoms with Crippen molar-refractivity contribution >= 4 is 5.69 Å². The van der Waals surface area contributed by atoms with Gasteiger partial charge in [0.1, 0.15) is 0 Å². The van der Waals surface area contributed by atoms with Crippen LogP contribution in [-0.2, 0) is 12.8 Å². The van der Waals surface area contributed by atoms with Crippen LogP contribution in [-0.4, -0.2) is 34.5 Å². The fraction of sp³-hybridized carbons (Fsp3) is 0.312. The highest BCUT2D eigenvalue weighted by atomic mass is 16.3. The smallest absolute Gasteiger partial charge is 0.0942 e. The van der Waals surface area contributed by atoms with Crippen LogP contribution in [0.2, 0.25) is 0 Å². The Labute approximate surface area is 119 Å². The molecule has 0 aliphatic heterocycles. The van der Waals surface area contributed by atoms with E-state index in [0.717, 1.165) is 18.5 Å². The lowest BCUT2D eigenvalue weighted by Gasteiger charge is -2.10. The van der Waals surface area contributed by atoms with E-state index in [0.29, 0.717) is 6.54 Å². The van der Waals surface area contributed by atoms with Crippen LogP contribution in [0.1, 0.15) is 11.1 Å². The van der Waals surface area contributed by atoms with Gasteiger partial charge in [0.15, 0.2) is 0 Å². The molecule has 1 unspecified atom stereocenters. The summed E-state index contributed by atoms with van der Waals surface area (Å²) in [5.74, 6) is 0. The van der Waals surface area contributed by atoms with Crippen LogP contribution < -0.4 is 5.32 Å². The Morgan fingerprint density at radius 3 is 2.15 bits per heavy atom. The minimum atomic E-state index is -0.721. The SMILES string of the molecule is OCC(O)CNc1ccc(CCc2ccncc2)cc1. The maximum absolute atomic E-state index is 9.27. The Hall–Kier alpha value is -1.91. The molecular weight excluding hydrogens is 252 g/mol. The molecule has 0 saturated heterocycles. The zero-order valence-corrected chi connectivity index (χ0v) is 11.4. The highest BCUT2D eigenvalue weighted by Gasteiger charge is 2.01. The van der Waals surface area contributed by atoms with Gasteiger partial charge >= 0.3 is 0 Å². The van der Waals surface area contributed by atoms with Crippen molar-refractivity contribution in [2.75, 3.05) is 18.5 Å². The second-order valence-corrected chi connectivity index (χ2v) is 4.77. The monoisotopic (exact) mass is 272 g/mol. The molecule has 1 aromatic heterocycles. The third-order valence-corrected chi connectivity index (χ3v) is 3.16. The number of hydrogen-bond acceptors (Lipinski definition) is 4. The van der Waals surface area contributed by atoms with Crippen molar-refractivity contribution in [2.24, 2.45) is 0 Å². The van der Waals surface area contributed by atoms with Gasteiger partial charge in [-0.1, -0.05) is 12.1 Å². The van der Waals surface area contributed by atoms with E-state index in [1.54, 1.807) is 0 Å². The van der Waals surface area contributed by atoms with Gasteiger partial charge in [-0.15, -0.1) is 0 Å². The van der Waals surface area contributed by atoms with E-state index in [1.165, 1.54) is 11.1 Å². The first-order valence-electron chi connectivity index (χ1n) is 6.78. The molecule has 2 aromatic rings. The quantitative estimate of drug-likeness (QED) is 0.717. The first kappa shape index (κ1) is 14.5. The number of nitrogens with one attached hydrogen (secondary N) is 1. The van der Waals surface area contributed by atoms with Crippen LogP contribution in [0.15, 0.2) is 48.8 Å². The lowest BCUT2D eigenvalue weighted by Crippen LogP contribution is -2.22. The maximum Gasteiger partial charge on any atom is 0.0942 e. The van der Waals surface area contributed by atoms with E-state index in [2.05, 4.69) is 22.4 Å². The first-order chi connectivity index (χ1) is 9.78. The third-order valence-electron chi connectivity index (χ3n) is 3.16. The average molecular weight is 272 g/mol. The number of aromatic nitrogens is 1. The molecular formula is C16H20N2O2. The van der Waals surface area contributed by atoms with Gasteiger partial charge in [-0.3, -0.25) is 4.98 Å². The van der Waals surface area contributed by atoms with Crippen molar-refractivity contribution in [1.29, 1.82) is 0 Å². The van der Waals surface area contributed by atoms with Crippen LogP contribution in [0.4, 0.5) is 5.69 Å². The fourth-order valence-electron chi connectivity index (χ4n) is 1.93. The van der Waals surface area contributed by atoms with Gasteiger partial charge in [-0.25, -0.2) is 0 Å². The molecule has 0 fully saturated rings. The predicted molar refractivity (Wildman–Crippen MR) is 79.7 cm³/mol. The number of pyridine rings is 1. The molecule has 4 nitrogen and oxygen atoms in total. The van der Waals surface area contributed by atoms with Gasteiger partial charge < -0.3 is 15.5 Å². The standard InChI is InChI=1S/C16H20N2O2/c19-12-16(20)11-18-15-5-3-13(4-6-15)1-2-14-7-9-17-10-8-14/h3-10,16,18-20H,1-2,11-12H2. The number of aliphatic hydroxyl groups excluding tert-OH is 2. The number of anilines is 1. The van der Waals surface area contributed by atoms with Gasteiger partial charge in [0.2, 0.25) is 0 Å². The van der Waals surface area contributed by atoms with E-state index in [-0.39, 0.29) is 6.61 Å². The van der Waals surface area contributed by atoms with E-state index in [9.17, 15) is 5.11 Å². The second-order valence-electron chi connectivity index (χ2n) is 4.77. The number of nitrogens with zero attached hydrogens (tertiary/aromatic N) is 1. The summed E-state index contributed by atoms with van der Waals surface area (Å²) >= 11 is 0. The van der Waals surface area contributed by atoms with Gasteiger partial charge in [-0.05, 0) is 48.2 Å². The van der Waals surface area contributed by atoms with Crippen molar-refractivity contribution in [2.45, 2.75) is 18.9 Å². The Morgan fingerprint density at radius 2 is 1.55 bits per heavy atom. The van der Waals surface area contributed by atoms with Gasteiger partial charge in [0, 0.05) is 24.6 Å². The molecule has 0 spiro atoms. The lowest BCUT2D eigenvalue weighted by atomic mass is 10.1. The van der Waals surface area contributed by atoms with Crippen molar-refractivity contribution in [3.63, 3.8) is 0 Å². The molecule has 0 bridgehead atoms. The number of aryl methyl sites for hydroxylation is 2. The molecule has 106 valence electrons. The summed E-state index contributed by atoms with van der Waals surface area (Å²) in [7, 11) is 0. The number of rotatable bonds is 7. The van der Waals surface area contributed by atoms with Crippen molar-refractivity contribution in [1.82, 2.24) is 4.98 Å². The Bertz CT molecular complexity index is 500. The van der Waals surface area contributed by atoms with Crippen LogP contribution >= 0.6 is 0 Å². The number of aliphatic hydroxyl groups is 2. The highest BCUT2D eigenvalue weighted by Crippen LogP contribution is 2.12. The predicted octanol–water partition coefficient (Wildman–Crippen LogP) is 1.63. The molecule has 1 atom stereocenters. The molecule has 0 aliphatic rings. The first-order valence-corrected chi connectivity index (χ1v) is 6.78. The fourth-order valence-corrected chi connectivity index (χ4v) is 1.93. The average Bonchev–Trinajstić information content (AvgIpc) is 2.52. The van der Waals surface area contributed by atoms with Crippen LogP contribution in [0.5, 0.6) is 0 Å². The minimum absolute atomic E-state index is 0.225. The summed E-state index contributed by atoms with van der Waals surface area (Å²) in [6.45, 7) is 0.129. The molecule has 4 heteroatoms. The number of hydrogen-bond donors (Lipinski definition) is 3. The Kier molecular flexibility index (Phi) is 5.53. The van der Waals surface area contributed by atoms with E-state index in [4.69, 9.17) is 5.11 Å². The zero-order valence-electron chi connectivity index (χ0n) is 11.4. The molecule has 0 aliphatic carbocycles. The minimum Gasteiger partial charge on any atom is -0.394 e. The summed E-state index contributed by atoms with van der Waals surface area (Å²) in [5.41, 5.74) is 3.51. The highest BCUT2D eigenvalue weighted by molar-refractivity contribution is 5.44. The maximum atomic E-state index is 9.27. The van der Waals surface area contributed by atoms with Gasteiger partial charge in [0.05, 0.1) is 12.7 Å². The molecule has 1 aromatic carbocycles. The molecule has 1 heterocycles. The molecule has 2 rings (SSSR count). The van der Waals surface area contributed by atoms with Crippen LogP contribution in [0.25, 0.3) is 0 Å². The number of benzene rings is 1. The van der Waals surface area contributed by atoms with Crippen LogP contribution in [0, 0.1) is 0 Å². The van der Waals surface area contributed by atoms with E-state index in [1.807, 2.05) is 36.7 Å². The third kappa shape index (κ3) is 4.64. The van der Waals surface area contributed by atoms with E-state index >= 15 is 0 Å². The Morgan fingerprint density at radius 1 is 0.950 bits per heavy atom. The summed E-state index contributed by atoms with van der Waals surface area (Å²) in [4.78, 5) is 4.01. The normalized spacial score (nSPS) is 12.1. The summed E-state index contributed by atoms with van der Waals surface area (Å²) < 4.78 is 0. The molecule has 0 amide bonds.